The van der Waals surface area contributed by atoms with E-state index >= 15 is 0 Å². The second-order valence-corrected chi connectivity index (χ2v) is 5.30. The number of ether oxygens (including phenoxy) is 2. The minimum absolute atomic E-state index is 0.0318. The van der Waals surface area contributed by atoms with Crippen LogP contribution in [0.3, 0.4) is 0 Å². The summed E-state index contributed by atoms with van der Waals surface area (Å²) in [5.74, 6) is -2.00. The first-order chi connectivity index (χ1) is 9.80. The van der Waals surface area contributed by atoms with Crippen LogP contribution in [0.15, 0.2) is 0 Å². The molecular formula is C11H14N2O7S. The van der Waals surface area contributed by atoms with Gasteiger partial charge in [0, 0.05) is 0 Å². The Morgan fingerprint density at radius 3 is 2.10 bits per heavy atom. The maximum atomic E-state index is 11.6. The Hall–Kier alpha value is -2.17. The molecule has 0 bridgehead atoms. The average molecular weight is 318 g/mol. The molecule has 0 saturated carbocycles. The van der Waals surface area contributed by atoms with Gasteiger partial charge >= 0.3 is 11.9 Å². The molecule has 0 aliphatic heterocycles. The van der Waals surface area contributed by atoms with Crippen LogP contribution in [0.2, 0.25) is 0 Å². The van der Waals surface area contributed by atoms with Crippen LogP contribution in [-0.4, -0.2) is 45.9 Å². The summed E-state index contributed by atoms with van der Waals surface area (Å²) in [4.78, 5) is 23.0. The lowest BCUT2D eigenvalue weighted by molar-refractivity contribution is -0.158. The van der Waals surface area contributed by atoms with Crippen molar-refractivity contribution in [3.63, 3.8) is 0 Å². The molecule has 0 amide bonds. The Morgan fingerprint density at radius 2 is 1.62 bits per heavy atom. The summed E-state index contributed by atoms with van der Waals surface area (Å²) in [6, 6.07) is 3.47. The van der Waals surface area contributed by atoms with Crippen molar-refractivity contribution in [2.75, 3.05) is 19.5 Å². The molecular weight excluding hydrogens is 304 g/mol. The van der Waals surface area contributed by atoms with E-state index in [1.54, 1.807) is 12.1 Å². The highest BCUT2D eigenvalue weighted by Gasteiger charge is 2.29. The number of nitrogens with zero attached hydrogens (tertiary/aromatic N) is 2. The first-order valence-corrected chi connectivity index (χ1v) is 7.56. The molecule has 0 aromatic heterocycles. The lowest BCUT2D eigenvalue weighted by atomic mass is 10.2. The summed E-state index contributed by atoms with van der Waals surface area (Å²) in [5, 5.41) is 16.6. The Morgan fingerprint density at radius 1 is 1.10 bits per heavy atom. The maximum absolute atomic E-state index is 11.6. The first-order valence-electron chi connectivity index (χ1n) is 5.74. The second kappa shape index (κ2) is 9.69. The number of carbonyl (C=O) groups is 2. The Labute approximate surface area is 122 Å². The molecule has 0 heterocycles. The van der Waals surface area contributed by atoms with Gasteiger partial charge in [0.1, 0.15) is 13.2 Å². The number of carbonyl (C=O) groups excluding carboxylic acids is 2. The SMILES string of the molecule is CS(=O)(=O)OC(CC(=O)OCCC#N)C(=O)OCCC#N. The van der Waals surface area contributed by atoms with Crippen molar-refractivity contribution in [2.45, 2.75) is 25.4 Å². The Kier molecular flexibility index (Phi) is 8.69. The van der Waals surface area contributed by atoms with Crippen molar-refractivity contribution < 1.29 is 31.7 Å². The van der Waals surface area contributed by atoms with Gasteiger partial charge in [0.15, 0.2) is 6.10 Å². The number of hydrogen-bond donors (Lipinski definition) is 0. The predicted molar refractivity (Wildman–Crippen MR) is 66.7 cm³/mol. The fourth-order valence-electron chi connectivity index (χ4n) is 1.08. The molecule has 21 heavy (non-hydrogen) atoms. The summed E-state index contributed by atoms with van der Waals surface area (Å²) >= 11 is 0. The monoisotopic (exact) mass is 318 g/mol. The molecule has 0 fully saturated rings. The van der Waals surface area contributed by atoms with Gasteiger partial charge in [-0.15, -0.1) is 0 Å². The van der Waals surface area contributed by atoms with Crippen LogP contribution >= 0.6 is 0 Å². The van der Waals surface area contributed by atoms with Crippen LogP contribution in [0.25, 0.3) is 0 Å². The molecule has 116 valence electrons. The highest BCUT2D eigenvalue weighted by molar-refractivity contribution is 7.86. The number of esters is 2. The first kappa shape index (κ1) is 18.8. The lowest BCUT2D eigenvalue weighted by Crippen LogP contribution is -2.32. The highest BCUT2D eigenvalue weighted by Crippen LogP contribution is 2.08. The van der Waals surface area contributed by atoms with Gasteiger partial charge in [0.2, 0.25) is 0 Å². The van der Waals surface area contributed by atoms with E-state index in [2.05, 4.69) is 13.7 Å². The molecule has 0 aliphatic rings. The molecule has 0 rings (SSSR count). The van der Waals surface area contributed by atoms with Crippen molar-refractivity contribution in [3.8, 4) is 12.1 Å². The maximum Gasteiger partial charge on any atom is 0.337 e. The number of nitriles is 2. The van der Waals surface area contributed by atoms with E-state index in [4.69, 9.17) is 10.5 Å². The van der Waals surface area contributed by atoms with Gasteiger partial charge in [-0.1, -0.05) is 0 Å². The highest BCUT2D eigenvalue weighted by atomic mass is 32.2. The molecule has 0 aliphatic carbocycles. The van der Waals surface area contributed by atoms with E-state index in [0.29, 0.717) is 6.26 Å². The van der Waals surface area contributed by atoms with Crippen LogP contribution < -0.4 is 0 Å². The molecule has 0 radical (unpaired) electrons. The largest absolute Gasteiger partial charge is 0.464 e. The van der Waals surface area contributed by atoms with Gasteiger partial charge in [-0.2, -0.15) is 18.9 Å². The quantitative estimate of drug-likeness (QED) is 0.316. The summed E-state index contributed by atoms with van der Waals surface area (Å²) in [6.45, 7) is -0.424. The fraction of sp³-hybridized carbons (Fsp3) is 0.636. The average Bonchev–Trinajstić information content (AvgIpc) is 2.37. The standard InChI is InChI=1S/C11H14N2O7S/c1-21(16,17)20-9(11(15)19-7-3-5-13)8-10(14)18-6-2-4-12/h9H,2-3,6-8H2,1H3. The molecule has 0 aromatic rings. The topological polar surface area (TPSA) is 144 Å². The van der Waals surface area contributed by atoms with Crippen molar-refractivity contribution in [1.82, 2.24) is 0 Å². The fourth-order valence-corrected chi connectivity index (χ4v) is 1.65. The molecule has 1 unspecified atom stereocenters. The van der Waals surface area contributed by atoms with Crippen molar-refractivity contribution in [1.29, 1.82) is 10.5 Å². The third-order valence-electron chi connectivity index (χ3n) is 1.84. The molecule has 1 atom stereocenters. The smallest absolute Gasteiger partial charge is 0.337 e. The van der Waals surface area contributed by atoms with Crippen LogP contribution in [0.1, 0.15) is 19.3 Å². The summed E-state index contributed by atoms with van der Waals surface area (Å²) in [5.41, 5.74) is 0. The van der Waals surface area contributed by atoms with E-state index in [9.17, 15) is 18.0 Å². The van der Waals surface area contributed by atoms with Gasteiger partial charge in [0.25, 0.3) is 10.1 Å². The van der Waals surface area contributed by atoms with E-state index in [0.717, 1.165) is 0 Å². The summed E-state index contributed by atoms with van der Waals surface area (Å²) in [6.07, 6.45) is -1.76. The normalized spacial score (nSPS) is 11.8. The predicted octanol–water partition coefficient (Wildman–Crippen LogP) is -0.365. The zero-order chi connectivity index (χ0) is 16.3. The third-order valence-corrected chi connectivity index (χ3v) is 2.42. The zero-order valence-corrected chi connectivity index (χ0v) is 12.1. The lowest BCUT2D eigenvalue weighted by Gasteiger charge is -2.14. The Balaban J connectivity index is 4.60. The van der Waals surface area contributed by atoms with Crippen LogP contribution in [0, 0.1) is 22.7 Å². The third kappa shape index (κ3) is 10.3. The van der Waals surface area contributed by atoms with Gasteiger partial charge in [-0.05, 0) is 0 Å². The summed E-state index contributed by atoms with van der Waals surface area (Å²) in [7, 11) is -4.00. The molecule has 0 aromatic carbocycles. The minimum Gasteiger partial charge on any atom is -0.464 e. The van der Waals surface area contributed by atoms with E-state index < -0.39 is 34.6 Å². The molecule has 9 nitrogen and oxygen atoms in total. The molecule has 0 saturated heterocycles. The van der Waals surface area contributed by atoms with E-state index in [1.165, 1.54) is 0 Å². The summed E-state index contributed by atoms with van der Waals surface area (Å²) < 4.78 is 35.7. The van der Waals surface area contributed by atoms with Gasteiger partial charge in [-0.25, -0.2) is 4.79 Å². The van der Waals surface area contributed by atoms with E-state index in [1.807, 2.05) is 0 Å². The van der Waals surface area contributed by atoms with Crippen LogP contribution in [-0.2, 0) is 33.4 Å². The Bertz CT molecular complexity index is 544. The van der Waals surface area contributed by atoms with Crippen LogP contribution in [0.4, 0.5) is 0 Å². The zero-order valence-electron chi connectivity index (χ0n) is 11.3. The number of hydrogen-bond acceptors (Lipinski definition) is 9. The second-order valence-electron chi connectivity index (χ2n) is 3.70. The van der Waals surface area contributed by atoms with Crippen LogP contribution in [0.5, 0.6) is 0 Å². The van der Waals surface area contributed by atoms with Crippen molar-refractivity contribution in [2.24, 2.45) is 0 Å². The number of rotatable bonds is 9. The molecule has 10 heteroatoms. The van der Waals surface area contributed by atoms with Gasteiger partial charge < -0.3 is 9.47 Å². The van der Waals surface area contributed by atoms with Gasteiger partial charge in [0.05, 0.1) is 37.7 Å². The van der Waals surface area contributed by atoms with Crippen molar-refractivity contribution >= 4 is 22.1 Å². The molecule has 0 N–H and O–H groups in total. The van der Waals surface area contributed by atoms with Gasteiger partial charge in [-0.3, -0.25) is 8.98 Å². The van der Waals surface area contributed by atoms with E-state index in [-0.39, 0.29) is 26.1 Å². The molecule has 0 spiro atoms. The van der Waals surface area contributed by atoms with Crippen molar-refractivity contribution in [3.05, 3.63) is 0 Å². The minimum atomic E-state index is -4.00.